The van der Waals surface area contributed by atoms with Gasteiger partial charge in [-0.25, -0.2) is 0 Å². The number of carboxylic acids is 1. The van der Waals surface area contributed by atoms with E-state index >= 15 is 0 Å². The Morgan fingerprint density at radius 3 is 2.33 bits per heavy atom. The van der Waals surface area contributed by atoms with E-state index in [1.165, 1.54) is 0 Å². The van der Waals surface area contributed by atoms with Gasteiger partial charge in [-0.3, -0.25) is 9.59 Å². The van der Waals surface area contributed by atoms with Gasteiger partial charge in [0.1, 0.15) is 0 Å². The molecule has 1 unspecified atom stereocenters. The quantitative estimate of drug-likeness (QED) is 0.874. The zero-order valence-electron chi connectivity index (χ0n) is 11.6. The fourth-order valence-corrected chi connectivity index (χ4v) is 3.36. The lowest BCUT2D eigenvalue weighted by Gasteiger charge is -2.16. The van der Waals surface area contributed by atoms with E-state index in [2.05, 4.69) is 5.32 Å². The second-order valence-corrected chi connectivity index (χ2v) is 6.20. The molecule has 1 aromatic carbocycles. The summed E-state index contributed by atoms with van der Waals surface area (Å²) in [6.07, 6.45) is 2.00. The number of amides is 1. The van der Waals surface area contributed by atoms with Crippen LogP contribution in [0.15, 0.2) is 18.2 Å². The van der Waals surface area contributed by atoms with Gasteiger partial charge >= 0.3 is 5.97 Å². The van der Waals surface area contributed by atoms with E-state index in [0.717, 1.165) is 6.42 Å². The number of hydrogen-bond acceptors (Lipinski definition) is 2. The Bertz CT molecular complexity index is 542. The third-order valence-corrected chi connectivity index (χ3v) is 4.73. The Morgan fingerprint density at radius 2 is 1.81 bits per heavy atom. The Labute approximate surface area is 133 Å². The number of aliphatic carboxylic acids is 1. The fourth-order valence-electron chi connectivity index (χ4n) is 2.87. The van der Waals surface area contributed by atoms with Crippen molar-refractivity contribution in [2.75, 3.05) is 5.32 Å². The van der Waals surface area contributed by atoms with Crippen molar-refractivity contribution >= 4 is 40.8 Å². The van der Waals surface area contributed by atoms with Crippen LogP contribution in [0.4, 0.5) is 5.69 Å². The van der Waals surface area contributed by atoms with Crippen molar-refractivity contribution in [1.29, 1.82) is 0 Å². The molecule has 1 saturated carbocycles. The van der Waals surface area contributed by atoms with E-state index in [1.807, 2.05) is 6.92 Å². The molecule has 2 rings (SSSR count). The van der Waals surface area contributed by atoms with Crippen LogP contribution in [0.3, 0.4) is 0 Å². The molecule has 0 aliphatic heterocycles. The van der Waals surface area contributed by atoms with Crippen molar-refractivity contribution < 1.29 is 14.7 Å². The lowest BCUT2D eigenvalue weighted by molar-refractivity contribution is -0.145. The van der Waals surface area contributed by atoms with Crippen molar-refractivity contribution in [3.63, 3.8) is 0 Å². The van der Waals surface area contributed by atoms with Gasteiger partial charge in [0.05, 0.1) is 27.6 Å². The molecule has 0 heterocycles. The lowest BCUT2D eigenvalue weighted by Crippen LogP contribution is -2.30. The van der Waals surface area contributed by atoms with Gasteiger partial charge in [-0.1, -0.05) is 42.6 Å². The zero-order chi connectivity index (χ0) is 15.6. The highest BCUT2D eigenvalue weighted by Crippen LogP contribution is 2.40. The van der Waals surface area contributed by atoms with Crippen molar-refractivity contribution in [3.8, 4) is 0 Å². The van der Waals surface area contributed by atoms with Crippen molar-refractivity contribution in [2.24, 2.45) is 17.8 Å². The number of rotatable bonds is 4. The molecular weight excluding hydrogens is 313 g/mol. The van der Waals surface area contributed by atoms with Crippen LogP contribution in [0.5, 0.6) is 0 Å². The minimum atomic E-state index is -0.920. The highest BCUT2D eigenvalue weighted by molar-refractivity contribution is 6.39. The monoisotopic (exact) mass is 329 g/mol. The molecule has 0 saturated heterocycles. The maximum atomic E-state index is 12.4. The van der Waals surface area contributed by atoms with Gasteiger partial charge in [-0.15, -0.1) is 0 Å². The summed E-state index contributed by atoms with van der Waals surface area (Å²) in [5.74, 6) is -2.16. The van der Waals surface area contributed by atoms with Crippen LogP contribution in [0.25, 0.3) is 0 Å². The summed E-state index contributed by atoms with van der Waals surface area (Å²) in [5, 5.41) is 12.7. The summed E-state index contributed by atoms with van der Waals surface area (Å²) in [6, 6.07) is 4.94. The maximum Gasteiger partial charge on any atom is 0.307 e. The Morgan fingerprint density at radius 1 is 1.24 bits per heavy atom. The van der Waals surface area contributed by atoms with Crippen LogP contribution < -0.4 is 5.32 Å². The molecule has 6 heteroatoms. The van der Waals surface area contributed by atoms with E-state index in [4.69, 9.17) is 23.2 Å². The van der Waals surface area contributed by atoms with Crippen LogP contribution in [0.2, 0.25) is 10.0 Å². The first-order valence-electron chi connectivity index (χ1n) is 6.91. The summed E-state index contributed by atoms with van der Waals surface area (Å²) in [7, 11) is 0. The molecule has 3 atom stereocenters. The number of carbonyl (C=O) groups is 2. The average Bonchev–Trinajstić information content (AvgIpc) is 2.87. The first-order valence-corrected chi connectivity index (χ1v) is 7.67. The summed E-state index contributed by atoms with van der Waals surface area (Å²) in [5.41, 5.74) is 0.343. The van der Waals surface area contributed by atoms with Crippen LogP contribution in [0.1, 0.15) is 26.2 Å². The Kier molecular flexibility index (Phi) is 5.12. The maximum absolute atomic E-state index is 12.4. The van der Waals surface area contributed by atoms with E-state index in [-0.39, 0.29) is 11.8 Å². The van der Waals surface area contributed by atoms with Gasteiger partial charge in [0.2, 0.25) is 5.91 Å². The third kappa shape index (κ3) is 3.50. The van der Waals surface area contributed by atoms with Crippen LogP contribution >= 0.6 is 23.2 Å². The first kappa shape index (κ1) is 16.1. The number of para-hydroxylation sites is 1. The molecule has 1 aliphatic rings. The van der Waals surface area contributed by atoms with Crippen molar-refractivity contribution in [2.45, 2.75) is 26.2 Å². The summed E-state index contributed by atoms with van der Waals surface area (Å²) < 4.78 is 0. The third-order valence-electron chi connectivity index (χ3n) is 4.10. The Balaban J connectivity index is 2.17. The van der Waals surface area contributed by atoms with Gasteiger partial charge in [0.25, 0.3) is 0 Å². The number of halogens is 2. The molecule has 1 fully saturated rings. The van der Waals surface area contributed by atoms with Gasteiger partial charge < -0.3 is 10.4 Å². The molecule has 114 valence electrons. The number of anilines is 1. The highest BCUT2D eigenvalue weighted by Gasteiger charge is 2.42. The Hall–Kier alpha value is -1.26. The minimum Gasteiger partial charge on any atom is -0.481 e. The second kappa shape index (κ2) is 6.67. The van der Waals surface area contributed by atoms with Crippen LogP contribution in [0, 0.1) is 17.8 Å². The standard InChI is InChI=1S/C15H17Cl2NO3/c1-2-8-6-9(10(7-8)15(20)21)14(19)18-13-11(16)4-3-5-12(13)17/h3-5,8-10H,2,6-7H2,1H3,(H,18,19)(H,20,21)/t8?,9-,10+/m0/s1. The SMILES string of the molecule is CCC1C[C@H](C(=O)Nc2c(Cl)cccc2Cl)[C@H](C(=O)O)C1. The fraction of sp³-hybridized carbons (Fsp3) is 0.467. The molecule has 0 radical (unpaired) electrons. The molecule has 0 bridgehead atoms. The zero-order valence-corrected chi connectivity index (χ0v) is 13.1. The second-order valence-electron chi connectivity index (χ2n) is 5.38. The van der Waals surface area contributed by atoms with Gasteiger partial charge in [0.15, 0.2) is 0 Å². The topological polar surface area (TPSA) is 66.4 Å². The van der Waals surface area contributed by atoms with Crippen molar-refractivity contribution in [1.82, 2.24) is 0 Å². The molecule has 21 heavy (non-hydrogen) atoms. The molecule has 2 N–H and O–H groups in total. The van der Waals surface area contributed by atoms with Crippen LogP contribution in [-0.4, -0.2) is 17.0 Å². The predicted octanol–water partition coefficient (Wildman–Crippen LogP) is 4.07. The van der Waals surface area contributed by atoms with E-state index in [1.54, 1.807) is 18.2 Å². The molecule has 1 amide bonds. The minimum absolute atomic E-state index is 0.267. The summed E-state index contributed by atoms with van der Waals surface area (Å²) in [4.78, 5) is 23.7. The smallest absolute Gasteiger partial charge is 0.307 e. The lowest BCUT2D eigenvalue weighted by atomic mass is 9.95. The molecule has 0 aromatic heterocycles. The molecular formula is C15H17Cl2NO3. The van der Waals surface area contributed by atoms with Gasteiger partial charge in [-0.2, -0.15) is 0 Å². The number of carboxylic acid groups (broad SMARTS) is 1. The molecule has 1 aromatic rings. The van der Waals surface area contributed by atoms with Gasteiger partial charge in [0, 0.05) is 0 Å². The average molecular weight is 330 g/mol. The van der Waals surface area contributed by atoms with E-state index in [9.17, 15) is 14.7 Å². The first-order chi connectivity index (χ1) is 9.93. The van der Waals surface area contributed by atoms with E-state index < -0.39 is 17.8 Å². The number of hydrogen-bond donors (Lipinski definition) is 2. The van der Waals surface area contributed by atoms with E-state index in [0.29, 0.717) is 28.6 Å². The number of benzene rings is 1. The summed E-state index contributed by atoms with van der Waals surface area (Å²) >= 11 is 12.0. The number of nitrogens with one attached hydrogen (secondary N) is 1. The normalized spacial score (nSPS) is 24.8. The van der Waals surface area contributed by atoms with Crippen molar-refractivity contribution in [3.05, 3.63) is 28.2 Å². The van der Waals surface area contributed by atoms with Crippen LogP contribution in [-0.2, 0) is 9.59 Å². The molecule has 4 nitrogen and oxygen atoms in total. The molecule has 0 spiro atoms. The number of carbonyl (C=O) groups excluding carboxylic acids is 1. The molecule has 1 aliphatic carbocycles. The predicted molar refractivity (Wildman–Crippen MR) is 82.7 cm³/mol. The highest BCUT2D eigenvalue weighted by atomic mass is 35.5. The largest absolute Gasteiger partial charge is 0.481 e. The summed E-state index contributed by atoms with van der Waals surface area (Å²) in [6.45, 7) is 2.01. The van der Waals surface area contributed by atoms with Gasteiger partial charge in [-0.05, 0) is 30.9 Å².